The van der Waals surface area contributed by atoms with Crippen molar-refractivity contribution in [2.24, 2.45) is 0 Å². The molecule has 2 heterocycles. The molecule has 4 heteroatoms. The maximum atomic E-state index is 13.1. The summed E-state index contributed by atoms with van der Waals surface area (Å²) in [5.41, 5.74) is 4.75. The molecule has 0 aliphatic carbocycles. The van der Waals surface area contributed by atoms with Gasteiger partial charge in [-0.1, -0.05) is 43.3 Å². The monoisotopic (exact) mass is 353 g/mol. The molecule has 0 bridgehead atoms. The predicted molar refractivity (Wildman–Crippen MR) is 109 cm³/mol. The van der Waals surface area contributed by atoms with E-state index in [2.05, 4.69) is 28.3 Å². The SMILES string of the molecule is CCc1cccc(NC(=O)c2cc(-c3ccccn3)nc3ccccc23)c1. The van der Waals surface area contributed by atoms with E-state index >= 15 is 0 Å². The molecule has 0 spiro atoms. The molecule has 4 rings (SSSR count). The number of nitrogens with zero attached hydrogens (tertiary/aromatic N) is 2. The highest BCUT2D eigenvalue weighted by Gasteiger charge is 2.14. The molecular weight excluding hydrogens is 334 g/mol. The fraction of sp³-hybridized carbons (Fsp3) is 0.0870. The van der Waals surface area contributed by atoms with Gasteiger partial charge in [0.2, 0.25) is 0 Å². The van der Waals surface area contributed by atoms with E-state index in [-0.39, 0.29) is 5.91 Å². The fourth-order valence-electron chi connectivity index (χ4n) is 3.08. The minimum absolute atomic E-state index is 0.154. The van der Waals surface area contributed by atoms with Crippen LogP contribution in [0.5, 0.6) is 0 Å². The third-order valence-corrected chi connectivity index (χ3v) is 4.48. The molecular formula is C23H19N3O. The molecule has 1 N–H and O–H groups in total. The Kier molecular flexibility index (Phi) is 4.62. The van der Waals surface area contributed by atoms with Crippen LogP contribution in [0.15, 0.2) is 79.0 Å². The van der Waals surface area contributed by atoms with Crippen LogP contribution in [0.3, 0.4) is 0 Å². The summed E-state index contributed by atoms with van der Waals surface area (Å²) < 4.78 is 0. The van der Waals surface area contributed by atoms with Gasteiger partial charge in [0, 0.05) is 17.3 Å². The van der Waals surface area contributed by atoms with Crippen LogP contribution in [0.2, 0.25) is 0 Å². The van der Waals surface area contributed by atoms with Crippen molar-refractivity contribution in [1.82, 2.24) is 9.97 Å². The lowest BCUT2D eigenvalue weighted by molar-refractivity contribution is 0.102. The number of carbonyl (C=O) groups excluding carboxylic acids is 1. The summed E-state index contributed by atoms with van der Waals surface area (Å²) in [6, 6.07) is 23.1. The average Bonchev–Trinajstić information content (AvgIpc) is 2.73. The summed E-state index contributed by atoms with van der Waals surface area (Å²) in [5, 5.41) is 3.84. The van der Waals surface area contributed by atoms with E-state index in [0.717, 1.165) is 28.7 Å². The van der Waals surface area contributed by atoms with Gasteiger partial charge in [0.15, 0.2) is 0 Å². The highest BCUT2D eigenvalue weighted by molar-refractivity contribution is 6.13. The predicted octanol–water partition coefficient (Wildman–Crippen LogP) is 5.11. The molecule has 27 heavy (non-hydrogen) atoms. The van der Waals surface area contributed by atoms with Gasteiger partial charge in [-0.2, -0.15) is 0 Å². The highest BCUT2D eigenvalue weighted by Crippen LogP contribution is 2.24. The van der Waals surface area contributed by atoms with Crippen molar-refractivity contribution in [1.29, 1.82) is 0 Å². The van der Waals surface area contributed by atoms with E-state index in [9.17, 15) is 4.79 Å². The Morgan fingerprint density at radius 1 is 0.926 bits per heavy atom. The van der Waals surface area contributed by atoms with Crippen LogP contribution in [0, 0.1) is 0 Å². The Hall–Kier alpha value is -3.53. The van der Waals surface area contributed by atoms with Crippen molar-refractivity contribution in [3.8, 4) is 11.4 Å². The van der Waals surface area contributed by atoms with Crippen molar-refractivity contribution < 1.29 is 4.79 Å². The number of amides is 1. The van der Waals surface area contributed by atoms with Gasteiger partial charge in [0.25, 0.3) is 5.91 Å². The number of carbonyl (C=O) groups is 1. The topological polar surface area (TPSA) is 54.9 Å². The number of nitrogens with one attached hydrogen (secondary N) is 1. The Morgan fingerprint density at radius 2 is 1.78 bits per heavy atom. The van der Waals surface area contributed by atoms with Crippen LogP contribution < -0.4 is 5.32 Å². The largest absolute Gasteiger partial charge is 0.322 e. The van der Waals surface area contributed by atoms with Gasteiger partial charge < -0.3 is 5.32 Å². The molecule has 0 unspecified atom stereocenters. The van der Waals surface area contributed by atoms with Gasteiger partial charge in [0.05, 0.1) is 22.5 Å². The number of hydrogen-bond donors (Lipinski definition) is 1. The third kappa shape index (κ3) is 3.55. The molecule has 0 aliphatic heterocycles. The summed E-state index contributed by atoms with van der Waals surface area (Å²) in [4.78, 5) is 22.1. The lowest BCUT2D eigenvalue weighted by Crippen LogP contribution is -2.13. The Morgan fingerprint density at radius 3 is 2.59 bits per heavy atom. The number of anilines is 1. The first-order valence-corrected chi connectivity index (χ1v) is 8.96. The van der Waals surface area contributed by atoms with Crippen molar-refractivity contribution >= 4 is 22.5 Å². The van der Waals surface area contributed by atoms with Gasteiger partial charge in [0.1, 0.15) is 0 Å². The van der Waals surface area contributed by atoms with Gasteiger partial charge in [-0.25, -0.2) is 4.98 Å². The van der Waals surface area contributed by atoms with Gasteiger partial charge in [-0.05, 0) is 48.4 Å². The van der Waals surface area contributed by atoms with E-state index in [1.807, 2.05) is 66.7 Å². The van der Waals surface area contributed by atoms with Crippen LogP contribution in [-0.2, 0) is 6.42 Å². The van der Waals surface area contributed by atoms with Crippen LogP contribution in [-0.4, -0.2) is 15.9 Å². The van der Waals surface area contributed by atoms with E-state index < -0.39 is 0 Å². The number of para-hydroxylation sites is 1. The van der Waals surface area contributed by atoms with Crippen molar-refractivity contribution in [3.05, 3.63) is 90.1 Å². The van der Waals surface area contributed by atoms with Crippen molar-refractivity contribution in [3.63, 3.8) is 0 Å². The van der Waals surface area contributed by atoms with E-state index in [4.69, 9.17) is 0 Å². The number of aromatic nitrogens is 2. The smallest absolute Gasteiger partial charge is 0.256 e. The second-order valence-corrected chi connectivity index (χ2v) is 6.30. The summed E-state index contributed by atoms with van der Waals surface area (Å²) in [7, 11) is 0. The lowest BCUT2D eigenvalue weighted by Gasteiger charge is -2.11. The zero-order chi connectivity index (χ0) is 18.6. The number of fused-ring (bicyclic) bond motifs is 1. The number of rotatable bonds is 4. The maximum Gasteiger partial charge on any atom is 0.256 e. The minimum atomic E-state index is -0.154. The summed E-state index contributed by atoms with van der Waals surface area (Å²) in [6.07, 6.45) is 2.65. The van der Waals surface area contributed by atoms with Gasteiger partial charge in [-0.3, -0.25) is 9.78 Å². The molecule has 0 saturated carbocycles. The van der Waals surface area contributed by atoms with Crippen LogP contribution in [0.1, 0.15) is 22.8 Å². The first kappa shape index (κ1) is 16.9. The first-order chi connectivity index (χ1) is 13.2. The second kappa shape index (κ2) is 7.38. The zero-order valence-electron chi connectivity index (χ0n) is 15.0. The Bertz CT molecular complexity index is 1110. The maximum absolute atomic E-state index is 13.1. The molecule has 0 fully saturated rings. The summed E-state index contributed by atoms with van der Waals surface area (Å²) >= 11 is 0. The molecule has 132 valence electrons. The van der Waals surface area contributed by atoms with Crippen LogP contribution >= 0.6 is 0 Å². The molecule has 1 amide bonds. The molecule has 0 aliphatic rings. The highest BCUT2D eigenvalue weighted by atomic mass is 16.1. The fourth-order valence-corrected chi connectivity index (χ4v) is 3.08. The zero-order valence-corrected chi connectivity index (χ0v) is 15.0. The van der Waals surface area contributed by atoms with E-state index in [1.54, 1.807) is 6.20 Å². The summed E-state index contributed by atoms with van der Waals surface area (Å²) in [6.45, 7) is 2.09. The second-order valence-electron chi connectivity index (χ2n) is 6.30. The molecule has 4 nitrogen and oxygen atoms in total. The molecule has 4 aromatic rings. The molecule has 2 aromatic heterocycles. The molecule has 0 saturated heterocycles. The van der Waals surface area contributed by atoms with Crippen molar-refractivity contribution in [2.75, 3.05) is 5.32 Å². The van der Waals surface area contributed by atoms with Crippen molar-refractivity contribution in [2.45, 2.75) is 13.3 Å². The number of benzene rings is 2. The number of aryl methyl sites for hydroxylation is 1. The standard InChI is InChI=1S/C23H19N3O/c1-2-16-8-7-9-17(14-16)25-23(27)19-15-22(21-12-5-6-13-24-21)26-20-11-4-3-10-18(19)20/h3-15H,2H2,1H3,(H,25,27). The van der Waals surface area contributed by atoms with Gasteiger partial charge >= 0.3 is 0 Å². The Labute approximate surface area is 157 Å². The third-order valence-electron chi connectivity index (χ3n) is 4.48. The van der Waals surface area contributed by atoms with Crippen LogP contribution in [0.25, 0.3) is 22.3 Å². The first-order valence-electron chi connectivity index (χ1n) is 8.96. The lowest BCUT2D eigenvalue weighted by atomic mass is 10.1. The molecule has 0 radical (unpaired) electrons. The molecule has 2 aromatic carbocycles. The quantitative estimate of drug-likeness (QED) is 0.554. The van der Waals surface area contributed by atoms with E-state index in [0.29, 0.717) is 11.3 Å². The average molecular weight is 353 g/mol. The van der Waals surface area contributed by atoms with E-state index in [1.165, 1.54) is 5.56 Å². The van der Waals surface area contributed by atoms with Gasteiger partial charge in [-0.15, -0.1) is 0 Å². The number of pyridine rings is 2. The number of hydrogen-bond acceptors (Lipinski definition) is 3. The normalized spacial score (nSPS) is 10.7. The van der Waals surface area contributed by atoms with Crippen LogP contribution in [0.4, 0.5) is 5.69 Å². The Balaban J connectivity index is 1.78. The summed E-state index contributed by atoms with van der Waals surface area (Å²) in [5.74, 6) is -0.154. The molecule has 0 atom stereocenters. The minimum Gasteiger partial charge on any atom is -0.322 e.